The van der Waals surface area contributed by atoms with Crippen LogP contribution in [0.25, 0.3) is 0 Å². The fraction of sp³-hybridized carbons (Fsp3) is 0.692. The van der Waals surface area contributed by atoms with E-state index in [-0.39, 0.29) is 12.1 Å². The highest BCUT2D eigenvalue weighted by molar-refractivity contribution is 5.74. The lowest BCUT2D eigenvalue weighted by atomic mass is 10.3. The molecule has 2 N–H and O–H groups in total. The first-order chi connectivity index (χ1) is 9.00. The van der Waals surface area contributed by atoms with E-state index in [4.69, 9.17) is 0 Å². The highest BCUT2D eigenvalue weighted by Gasteiger charge is 2.17. The zero-order chi connectivity index (χ0) is 14.3. The summed E-state index contributed by atoms with van der Waals surface area (Å²) in [5.74, 6) is 0. The number of aliphatic hydroxyl groups excluding tert-OH is 1. The van der Waals surface area contributed by atoms with Crippen molar-refractivity contribution in [2.24, 2.45) is 0 Å². The lowest BCUT2D eigenvalue weighted by Gasteiger charge is -2.28. The molecule has 0 radical (unpaired) electrons. The van der Waals surface area contributed by atoms with E-state index >= 15 is 0 Å². The van der Waals surface area contributed by atoms with Gasteiger partial charge in [-0.2, -0.15) is 0 Å². The molecule has 1 heterocycles. The molecular formula is C13H24N4O2. The third kappa shape index (κ3) is 5.74. The highest BCUT2D eigenvalue weighted by atomic mass is 16.3. The van der Waals surface area contributed by atoms with Crippen LogP contribution in [0.4, 0.5) is 4.79 Å². The topological polar surface area (TPSA) is 70.4 Å². The van der Waals surface area contributed by atoms with Crippen LogP contribution in [-0.2, 0) is 6.54 Å². The number of carbonyl (C=O) groups is 1. The van der Waals surface area contributed by atoms with Gasteiger partial charge in [0.15, 0.2) is 0 Å². The second-order valence-electron chi connectivity index (χ2n) is 4.98. The van der Waals surface area contributed by atoms with Gasteiger partial charge in [-0.05, 0) is 27.2 Å². The van der Waals surface area contributed by atoms with Crippen LogP contribution in [0.15, 0.2) is 18.7 Å². The van der Waals surface area contributed by atoms with Crippen molar-refractivity contribution in [2.45, 2.75) is 45.9 Å². The van der Waals surface area contributed by atoms with Gasteiger partial charge in [-0.15, -0.1) is 0 Å². The number of imidazole rings is 1. The molecule has 0 spiro atoms. The van der Waals surface area contributed by atoms with E-state index < -0.39 is 6.10 Å². The number of hydrogen-bond donors (Lipinski definition) is 2. The average Bonchev–Trinajstić information content (AvgIpc) is 2.83. The first-order valence-corrected chi connectivity index (χ1v) is 6.69. The summed E-state index contributed by atoms with van der Waals surface area (Å²) < 4.78 is 1.97. The molecule has 6 nitrogen and oxygen atoms in total. The van der Waals surface area contributed by atoms with E-state index in [0.717, 1.165) is 13.0 Å². The second-order valence-corrected chi connectivity index (χ2v) is 4.98. The summed E-state index contributed by atoms with van der Waals surface area (Å²) in [5, 5.41) is 12.3. The zero-order valence-electron chi connectivity index (χ0n) is 11.9. The average molecular weight is 268 g/mol. The molecule has 0 aliphatic rings. The van der Waals surface area contributed by atoms with E-state index in [1.165, 1.54) is 0 Å². The Morgan fingerprint density at radius 3 is 2.74 bits per heavy atom. The molecule has 0 saturated carbocycles. The smallest absolute Gasteiger partial charge is 0.317 e. The van der Waals surface area contributed by atoms with Gasteiger partial charge in [-0.1, -0.05) is 0 Å². The Balaban J connectivity index is 2.28. The van der Waals surface area contributed by atoms with Crippen LogP contribution in [0.3, 0.4) is 0 Å². The maximum Gasteiger partial charge on any atom is 0.317 e. The Bertz CT molecular complexity index is 363. The van der Waals surface area contributed by atoms with E-state index in [0.29, 0.717) is 13.1 Å². The van der Waals surface area contributed by atoms with Crippen LogP contribution in [0.2, 0.25) is 0 Å². The van der Waals surface area contributed by atoms with Crippen molar-refractivity contribution < 1.29 is 9.90 Å². The molecule has 1 aromatic heterocycles. The largest absolute Gasteiger partial charge is 0.392 e. The third-order valence-electron chi connectivity index (χ3n) is 2.77. The lowest BCUT2D eigenvalue weighted by Crippen LogP contribution is -2.47. The summed E-state index contributed by atoms with van der Waals surface area (Å²) in [4.78, 5) is 17.6. The second kappa shape index (κ2) is 7.78. The number of aryl methyl sites for hydroxylation is 1. The molecule has 0 aliphatic carbocycles. The molecule has 0 aliphatic heterocycles. The summed E-state index contributed by atoms with van der Waals surface area (Å²) in [6, 6.07) is -0.0511. The first kappa shape index (κ1) is 15.5. The van der Waals surface area contributed by atoms with Crippen LogP contribution < -0.4 is 5.32 Å². The predicted molar refractivity (Wildman–Crippen MR) is 73.8 cm³/mol. The molecule has 1 rings (SSSR count). The molecule has 6 heteroatoms. The number of nitrogens with zero attached hydrogens (tertiary/aromatic N) is 3. The van der Waals surface area contributed by atoms with Crippen molar-refractivity contribution in [3.8, 4) is 0 Å². The number of nitrogens with one attached hydrogen (secondary N) is 1. The van der Waals surface area contributed by atoms with E-state index in [1.54, 1.807) is 24.3 Å². The molecular weight excluding hydrogens is 244 g/mol. The maximum atomic E-state index is 12.0. The Hall–Kier alpha value is -1.56. The van der Waals surface area contributed by atoms with Gasteiger partial charge < -0.3 is 19.9 Å². The first-order valence-electron chi connectivity index (χ1n) is 6.69. The quantitative estimate of drug-likeness (QED) is 0.727. The molecule has 1 aromatic rings. The fourth-order valence-electron chi connectivity index (χ4n) is 1.79. The summed E-state index contributed by atoms with van der Waals surface area (Å²) in [6.45, 7) is 7.35. The van der Waals surface area contributed by atoms with Gasteiger partial charge in [-0.3, -0.25) is 0 Å². The number of aliphatic hydroxyl groups is 1. The minimum Gasteiger partial charge on any atom is -0.392 e. The van der Waals surface area contributed by atoms with Crippen molar-refractivity contribution in [1.29, 1.82) is 0 Å². The number of carbonyl (C=O) groups excluding carboxylic acids is 1. The Morgan fingerprint density at radius 1 is 1.47 bits per heavy atom. The summed E-state index contributed by atoms with van der Waals surface area (Å²) in [7, 11) is 0. The van der Waals surface area contributed by atoms with E-state index in [1.807, 2.05) is 24.6 Å². The molecule has 19 heavy (non-hydrogen) atoms. The van der Waals surface area contributed by atoms with E-state index in [9.17, 15) is 9.90 Å². The molecule has 1 atom stereocenters. The molecule has 108 valence electrons. The number of amides is 2. The monoisotopic (exact) mass is 268 g/mol. The van der Waals surface area contributed by atoms with Crippen molar-refractivity contribution in [3.63, 3.8) is 0 Å². The Labute approximate surface area is 114 Å². The normalized spacial score (nSPS) is 12.5. The number of hydrogen-bond acceptors (Lipinski definition) is 3. The van der Waals surface area contributed by atoms with Gasteiger partial charge in [0.25, 0.3) is 0 Å². The Kier molecular flexibility index (Phi) is 6.35. The van der Waals surface area contributed by atoms with Gasteiger partial charge in [0.2, 0.25) is 0 Å². The Morgan fingerprint density at radius 2 is 2.21 bits per heavy atom. The fourth-order valence-corrected chi connectivity index (χ4v) is 1.79. The number of rotatable bonds is 7. The van der Waals surface area contributed by atoms with Gasteiger partial charge in [0.1, 0.15) is 0 Å². The van der Waals surface area contributed by atoms with Gasteiger partial charge >= 0.3 is 6.03 Å². The standard InChI is InChI=1S/C13H24N4O2/c1-11(2)17(9-12(3)18)13(19)15-5-4-7-16-8-6-14-10-16/h6,8,10-12,18H,4-5,7,9H2,1-3H3,(H,15,19). The molecule has 0 aromatic carbocycles. The maximum absolute atomic E-state index is 12.0. The van der Waals surface area contributed by atoms with Crippen LogP contribution in [0, 0.1) is 0 Å². The van der Waals surface area contributed by atoms with Crippen molar-refractivity contribution >= 4 is 6.03 Å². The SMILES string of the molecule is CC(O)CN(C(=O)NCCCn1ccnc1)C(C)C. The van der Waals surface area contributed by atoms with Gasteiger partial charge in [0, 0.05) is 38.1 Å². The lowest BCUT2D eigenvalue weighted by molar-refractivity contribution is 0.119. The van der Waals surface area contributed by atoms with Crippen LogP contribution in [0.1, 0.15) is 27.2 Å². The minimum absolute atomic E-state index is 0.0725. The van der Waals surface area contributed by atoms with Crippen molar-refractivity contribution in [3.05, 3.63) is 18.7 Å². The van der Waals surface area contributed by atoms with Crippen LogP contribution in [0.5, 0.6) is 0 Å². The summed E-state index contributed by atoms with van der Waals surface area (Å²) in [6.07, 6.45) is 5.73. The van der Waals surface area contributed by atoms with Crippen molar-refractivity contribution in [2.75, 3.05) is 13.1 Å². The van der Waals surface area contributed by atoms with Crippen LogP contribution >= 0.6 is 0 Å². The van der Waals surface area contributed by atoms with Crippen LogP contribution in [-0.4, -0.2) is 50.8 Å². The van der Waals surface area contributed by atoms with Gasteiger partial charge in [0.05, 0.1) is 12.4 Å². The minimum atomic E-state index is -0.515. The summed E-state index contributed by atoms with van der Waals surface area (Å²) >= 11 is 0. The number of aromatic nitrogens is 2. The molecule has 0 fully saturated rings. The zero-order valence-corrected chi connectivity index (χ0v) is 11.9. The molecule has 2 amide bonds. The third-order valence-corrected chi connectivity index (χ3v) is 2.77. The van der Waals surface area contributed by atoms with E-state index in [2.05, 4.69) is 10.3 Å². The van der Waals surface area contributed by atoms with Crippen molar-refractivity contribution in [1.82, 2.24) is 19.8 Å². The number of urea groups is 1. The molecule has 0 bridgehead atoms. The summed E-state index contributed by atoms with van der Waals surface area (Å²) in [5.41, 5.74) is 0. The highest BCUT2D eigenvalue weighted by Crippen LogP contribution is 2.01. The predicted octanol–water partition coefficient (Wildman–Crippen LogP) is 1.07. The van der Waals surface area contributed by atoms with Gasteiger partial charge in [-0.25, -0.2) is 9.78 Å². The molecule has 1 unspecified atom stereocenters. The molecule has 0 saturated heterocycles.